The Balaban J connectivity index is 1.35. The minimum absolute atomic E-state index is 0.0744. The average molecular weight is 470 g/mol. The predicted molar refractivity (Wildman–Crippen MR) is 132 cm³/mol. The van der Waals surface area contributed by atoms with Crippen LogP contribution >= 0.6 is 0 Å². The van der Waals surface area contributed by atoms with E-state index in [1.807, 2.05) is 66.4 Å². The number of carbonyl (C=O) groups excluding carboxylic acids is 2. The number of amides is 2. The number of para-hydroxylation sites is 1. The second kappa shape index (κ2) is 9.58. The molecule has 35 heavy (non-hydrogen) atoms. The molecule has 3 heterocycles. The zero-order chi connectivity index (χ0) is 24.4. The number of nitrogens with zero attached hydrogens (tertiary/aromatic N) is 4. The Kier molecular flexibility index (Phi) is 6.18. The second-order valence-corrected chi connectivity index (χ2v) is 8.92. The van der Waals surface area contributed by atoms with Gasteiger partial charge in [0.15, 0.2) is 5.82 Å². The topological polar surface area (TPSA) is 93.3 Å². The number of rotatable bonds is 5. The highest BCUT2D eigenvalue weighted by atomic mass is 16.5. The molecule has 0 aliphatic carbocycles. The SMILES string of the molecule is Cc1cccc(-c2nn(-c3ccccc3)cc2C(=O)N2CCC(C(=O)Nc3cc(C)on3)CC2)c1. The van der Waals surface area contributed by atoms with Gasteiger partial charge in [-0.05, 0) is 44.9 Å². The number of aromatic nitrogens is 3. The van der Waals surface area contributed by atoms with Crippen molar-refractivity contribution in [3.05, 3.63) is 83.7 Å². The highest BCUT2D eigenvalue weighted by Crippen LogP contribution is 2.28. The van der Waals surface area contributed by atoms with E-state index in [4.69, 9.17) is 9.62 Å². The summed E-state index contributed by atoms with van der Waals surface area (Å²) in [5.74, 6) is 0.708. The third-order valence-corrected chi connectivity index (χ3v) is 6.29. The van der Waals surface area contributed by atoms with Crippen LogP contribution in [0.2, 0.25) is 0 Å². The summed E-state index contributed by atoms with van der Waals surface area (Å²) in [6.07, 6.45) is 2.98. The van der Waals surface area contributed by atoms with Crippen LogP contribution in [-0.2, 0) is 4.79 Å². The molecule has 1 N–H and O–H groups in total. The molecule has 0 radical (unpaired) electrons. The molecule has 5 rings (SSSR count). The van der Waals surface area contributed by atoms with Gasteiger partial charge in [-0.2, -0.15) is 5.10 Å². The molecule has 4 aromatic rings. The predicted octanol–water partition coefficient (Wildman–Crippen LogP) is 4.64. The van der Waals surface area contributed by atoms with E-state index in [0.717, 1.165) is 16.8 Å². The van der Waals surface area contributed by atoms with Crippen LogP contribution in [0, 0.1) is 19.8 Å². The summed E-state index contributed by atoms with van der Waals surface area (Å²) in [5, 5.41) is 11.4. The summed E-state index contributed by atoms with van der Waals surface area (Å²) >= 11 is 0. The molecule has 0 spiro atoms. The lowest BCUT2D eigenvalue weighted by atomic mass is 9.95. The maximum atomic E-state index is 13.6. The Morgan fingerprint density at radius 2 is 1.77 bits per heavy atom. The number of hydrogen-bond donors (Lipinski definition) is 1. The van der Waals surface area contributed by atoms with Gasteiger partial charge in [0.1, 0.15) is 11.5 Å². The normalized spacial score (nSPS) is 14.2. The van der Waals surface area contributed by atoms with Gasteiger partial charge >= 0.3 is 0 Å². The number of hydrogen-bond acceptors (Lipinski definition) is 5. The fourth-order valence-electron chi connectivity index (χ4n) is 4.42. The molecular formula is C27H27N5O3. The second-order valence-electron chi connectivity index (χ2n) is 8.92. The first-order valence-corrected chi connectivity index (χ1v) is 11.7. The van der Waals surface area contributed by atoms with E-state index in [-0.39, 0.29) is 17.7 Å². The third-order valence-electron chi connectivity index (χ3n) is 6.29. The summed E-state index contributed by atoms with van der Waals surface area (Å²) in [5.41, 5.74) is 4.10. The minimum Gasteiger partial charge on any atom is -0.360 e. The van der Waals surface area contributed by atoms with Gasteiger partial charge in [-0.15, -0.1) is 0 Å². The number of anilines is 1. The molecule has 8 nitrogen and oxygen atoms in total. The molecular weight excluding hydrogens is 442 g/mol. The van der Waals surface area contributed by atoms with E-state index in [2.05, 4.69) is 10.5 Å². The summed E-state index contributed by atoms with van der Waals surface area (Å²) in [7, 11) is 0. The molecule has 1 aliphatic heterocycles. The van der Waals surface area contributed by atoms with Gasteiger partial charge in [0.05, 0.1) is 11.3 Å². The highest BCUT2D eigenvalue weighted by molar-refractivity contribution is 6.00. The van der Waals surface area contributed by atoms with Gasteiger partial charge < -0.3 is 14.7 Å². The smallest absolute Gasteiger partial charge is 0.257 e. The van der Waals surface area contributed by atoms with Crippen molar-refractivity contribution in [2.45, 2.75) is 26.7 Å². The van der Waals surface area contributed by atoms with Crippen LogP contribution in [0.3, 0.4) is 0 Å². The summed E-state index contributed by atoms with van der Waals surface area (Å²) in [4.78, 5) is 28.1. The third kappa shape index (κ3) is 4.87. The van der Waals surface area contributed by atoms with Crippen molar-refractivity contribution in [3.8, 4) is 16.9 Å². The quantitative estimate of drug-likeness (QED) is 0.460. The zero-order valence-electron chi connectivity index (χ0n) is 19.8. The molecule has 0 saturated carbocycles. The molecule has 178 valence electrons. The van der Waals surface area contributed by atoms with Crippen LogP contribution < -0.4 is 5.32 Å². The summed E-state index contributed by atoms with van der Waals surface area (Å²) in [6, 6.07) is 19.5. The highest BCUT2D eigenvalue weighted by Gasteiger charge is 2.30. The Bertz CT molecular complexity index is 1350. The van der Waals surface area contributed by atoms with Crippen molar-refractivity contribution in [3.63, 3.8) is 0 Å². The fraction of sp³-hybridized carbons (Fsp3) is 0.259. The molecule has 0 unspecified atom stereocenters. The first kappa shape index (κ1) is 22.6. The minimum atomic E-state index is -0.181. The van der Waals surface area contributed by atoms with Gasteiger partial charge in [0.2, 0.25) is 5.91 Å². The number of aryl methyl sites for hydroxylation is 2. The van der Waals surface area contributed by atoms with E-state index in [1.165, 1.54) is 0 Å². The molecule has 1 fully saturated rings. The fourth-order valence-corrected chi connectivity index (χ4v) is 4.42. The number of benzene rings is 2. The van der Waals surface area contributed by atoms with Crippen molar-refractivity contribution in [2.75, 3.05) is 18.4 Å². The maximum Gasteiger partial charge on any atom is 0.257 e. The standard InChI is InChI=1S/C27H27N5O3/c1-18-7-6-8-21(15-18)25-23(17-32(29-25)22-9-4-3-5-10-22)27(34)31-13-11-20(12-14-31)26(33)28-24-16-19(2)35-30-24/h3-10,15-17,20H,11-14H2,1-2H3,(H,28,30,33). The van der Waals surface area contributed by atoms with Crippen molar-refractivity contribution in [1.29, 1.82) is 0 Å². The molecule has 2 amide bonds. The first-order valence-electron chi connectivity index (χ1n) is 11.7. The van der Waals surface area contributed by atoms with Crippen LogP contribution in [0.1, 0.15) is 34.5 Å². The van der Waals surface area contributed by atoms with Gasteiger partial charge in [-0.25, -0.2) is 4.68 Å². The lowest BCUT2D eigenvalue weighted by molar-refractivity contribution is -0.121. The van der Waals surface area contributed by atoms with Gasteiger partial charge in [-0.3, -0.25) is 9.59 Å². The van der Waals surface area contributed by atoms with E-state index in [1.54, 1.807) is 23.9 Å². The van der Waals surface area contributed by atoms with E-state index in [9.17, 15) is 9.59 Å². The van der Waals surface area contributed by atoms with Gasteiger partial charge in [0.25, 0.3) is 5.91 Å². The van der Waals surface area contributed by atoms with Crippen LogP contribution in [0.4, 0.5) is 5.82 Å². The molecule has 1 aliphatic rings. The Morgan fingerprint density at radius 3 is 2.46 bits per heavy atom. The molecule has 2 aromatic heterocycles. The van der Waals surface area contributed by atoms with Crippen molar-refractivity contribution >= 4 is 17.6 Å². The first-order chi connectivity index (χ1) is 17.0. The summed E-state index contributed by atoms with van der Waals surface area (Å²) in [6.45, 7) is 4.80. The Morgan fingerprint density at radius 1 is 1.00 bits per heavy atom. The molecule has 2 aromatic carbocycles. The van der Waals surface area contributed by atoms with Crippen LogP contribution in [0.5, 0.6) is 0 Å². The number of nitrogens with one attached hydrogen (secondary N) is 1. The van der Waals surface area contributed by atoms with Crippen LogP contribution in [-0.4, -0.2) is 44.7 Å². The lowest BCUT2D eigenvalue weighted by Crippen LogP contribution is -2.41. The van der Waals surface area contributed by atoms with Crippen molar-refractivity contribution < 1.29 is 14.1 Å². The molecule has 1 saturated heterocycles. The van der Waals surface area contributed by atoms with Crippen LogP contribution in [0.15, 0.2) is 71.4 Å². The van der Waals surface area contributed by atoms with E-state index >= 15 is 0 Å². The van der Waals surface area contributed by atoms with E-state index < -0.39 is 0 Å². The number of likely N-dealkylation sites (tertiary alicyclic amines) is 1. The molecule has 8 heteroatoms. The van der Waals surface area contributed by atoms with E-state index in [0.29, 0.717) is 48.8 Å². The van der Waals surface area contributed by atoms with Gasteiger partial charge in [0, 0.05) is 36.8 Å². The van der Waals surface area contributed by atoms with Crippen molar-refractivity contribution in [2.24, 2.45) is 5.92 Å². The lowest BCUT2D eigenvalue weighted by Gasteiger charge is -2.31. The number of carbonyl (C=O) groups is 2. The largest absolute Gasteiger partial charge is 0.360 e. The number of piperidine rings is 1. The van der Waals surface area contributed by atoms with Gasteiger partial charge in [-0.1, -0.05) is 47.1 Å². The average Bonchev–Trinajstić information content (AvgIpc) is 3.51. The molecule has 0 bridgehead atoms. The Hall–Kier alpha value is -4.20. The Labute approximate surface area is 203 Å². The monoisotopic (exact) mass is 469 g/mol. The van der Waals surface area contributed by atoms with Crippen molar-refractivity contribution in [1.82, 2.24) is 19.8 Å². The molecule has 0 atom stereocenters. The van der Waals surface area contributed by atoms with Crippen LogP contribution in [0.25, 0.3) is 16.9 Å². The zero-order valence-corrected chi connectivity index (χ0v) is 19.8. The summed E-state index contributed by atoms with van der Waals surface area (Å²) < 4.78 is 6.77. The maximum absolute atomic E-state index is 13.6.